The van der Waals surface area contributed by atoms with E-state index in [2.05, 4.69) is 0 Å². The zero-order chi connectivity index (χ0) is 13.9. The van der Waals surface area contributed by atoms with Crippen molar-refractivity contribution in [1.82, 2.24) is 0 Å². The average Bonchev–Trinajstić information content (AvgIpc) is 2.12. The van der Waals surface area contributed by atoms with E-state index in [1.807, 2.05) is 0 Å². The van der Waals surface area contributed by atoms with Gasteiger partial charge in [0.15, 0.2) is 5.78 Å². The number of ketones is 1. The molecule has 0 unspecified atom stereocenters. The Morgan fingerprint density at radius 1 is 1.00 bits per heavy atom. The predicted molar refractivity (Wildman–Crippen MR) is 60.7 cm³/mol. The van der Waals surface area contributed by atoms with E-state index in [9.17, 15) is 19.5 Å². The van der Waals surface area contributed by atoms with Crippen LogP contribution in [0.15, 0.2) is 12.1 Å². The van der Waals surface area contributed by atoms with Gasteiger partial charge in [0.05, 0.1) is 0 Å². The van der Waals surface area contributed by atoms with Crippen LogP contribution in [0, 0.1) is 0 Å². The lowest BCUT2D eigenvalue weighted by molar-refractivity contribution is -0.132. The topological polar surface area (TPSA) is 89.9 Å². The van der Waals surface area contributed by atoms with Crippen molar-refractivity contribution in [3.8, 4) is 17.2 Å². The first-order valence-corrected chi connectivity index (χ1v) is 5.06. The number of esters is 2. The minimum atomic E-state index is -0.656. The normalized spacial score (nSPS) is 9.72. The number of rotatable bonds is 3. The largest absolute Gasteiger partial charge is 0.507 e. The maximum atomic E-state index is 11.3. The van der Waals surface area contributed by atoms with Crippen LogP contribution in [0.3, 0.4) is 0 Å². The second-order valence-electron chi connectivity index (χ2n) is 3.56. The van der Waals surface area contributed by atoms with E-state index in [1.165, 1.54) is 19.9 Å². The molecule has 0 saturated heterocycles. The van der Waals surface area contributed by atoms with E-state index in [0.29, 0.717) is 0 Å². The molecule has 0 aliphatic rings. The van der Waals surface area contributed by atoms with Gasteiger partial charge in [-0.3, -0.25) is 14.4 Å². The van der Waals surface area contributed by atoms with Gasteiger partial charge in [0.2, 0.25) is 0 Å². The number of ether oxygens (including phenoxy) is 2. The Kier molecular flexibility index (Phi) is 4.04. The molecule has 1 aromatic rings. The Morgan fingerprint density at radius 2 is 1.56 bits per heavy atom. The molecule has 0 amide bonds. The van der Waals surface area contributed by atoms with E-state index >= 15 is 0 Å². The molecule has 0 heterocycles. The van der Waals surface area contributed by atoms with Crippen LogP contribution in [0.5, 0.6) is 17.2 Å². The highest BCUT2D eigenvalue weighted by molar-refractivity contribution is 6.00. The number of hydrogen-bond acceptors (Lipinski definition) is 6. The molecule has 0 aliphatic carbocycles. The van der Waals surface area contributed by atoms with Gasteiger partial charge in [0.1, 0.15) is 22.8 Å². The fourth-order valence-corrected chi connectivity index (χ4v) is 1.39. The summed E-state index contributed by atoms with van der Waals surface area (Å²) >= 11 is 0. The molecule has 96 valence electrons. The number of carbonyl (C=O) groups is 3. The van der Waals surface area contributed by atoms with E-state index in [0.717, 1.165) is 13.0 Å². The summed E-state index contributed by atoms with van der Waals surface area (Å²) in [5.74, 6) is -2.31. The summed E-state index contributed by atoms with van der Waals surface area (Å²) in [6.45, 7) is 3.55. The van der Waals surface area contributed by atoms with E-state index < -0.39 is 23.5 Å². The van der Waals surface area contributed by atoms with E-state index in [4.69, 9.17) is 9.47 Å². The zero-order valence-electron chi connectivity index (χ0n) is 10.1. The highest BCUT2D eigenvalue weighted by Gasteiger charge is 2.18. The first-order valence-electron chi connectivity index (χ1n) is 5.06. The molecule has 1 N–H and O–H groups in total. The van der Waals surface area contributed by atoms with Crippen LogP contribution in [0.25, 0.3) is 0 Å². The molecule has 18 heavy (non-hydrogen) atoms. The van der Waals surface area contributed by atoms with Gasteiger partial charge >= 0.3 is 11.9 Å². The Balaban J connectivity index is 3.31. The smallest absolute Gasteiger partial charge is 0.308 e. The van der Waals surface area contributed by atoms with Gasteiger partial charge in [0.25, 0.3) is 0 Å². The molecule has 1 rings (SSSR count). The summed E-state index contributed by atoms with van der Waals surface area (Å²) < 4.78 is 9.55. The molecule has 0 aromatic heterocycles. The SMILES string of the molecule is CC(=O)Oc1cc(O)c(C(C)=O)c(OC(C)=O)c1. The van der Waals surface area contributed by atoms with Gasteiger partial charge in [0, 0.05) is 26.0 Å². The summed E-state index contributed by atoms with van der Waals surface area (Å²) in [6.07, 6.45) is 0. The summed E-state index contributed by atoms with van der Waals surface area (Å²) in [4.78, 5) is 33.1. The molecule has 6 nitrogen and oxygen atoms in total. The third-order valence-electron chi connectivity index (χ3n) is 1.92. The van der Waals surface area contributed by atoms with Crippen LogP contribution in [0.1, 0.15) is 31.1 Å². The molecular weight excluding hydrogens is 240 g/mol. The van der Waals surface area contributed by atoms with Gasteiger partial charge in [-0.25, -0.2) is 0 Å². The van der Waals surface area contributed by atoms with Crippen molar-refractivity contribution in [2.24, 2.45) is 0 Å². The molecule has 0 bridgehead atoms. The predicted octanol–water partition coefficient (Wildman–Crippen LogP) is 1.45. The summed E-state index contributed by atoms with van der Waals surface area (Å²) in [7, 11) is 0. The van der Waals surface area contributed by atoms with Crippen molar-refractivity contribution in [2.45, 2.75) is 20.8 Å². The van der Waals surface area contributed by atoms with Crippen molar-refractivity contribution in [1.29, 1.82) is 0 Å². The Morgan fingerprint density at radius 3 is 2.00 bits per heavy atom. The quantitative estimate of drug-likeness (QED) is 0.497. The van der Waals surface area contributed by atoms with Crippen molar-refractivity contribution in [2.75, 3.05) is 0 Å². The highest BCUT2D eigenvalue weighted by atomic mass is 16.5. The molecule has 0 radical (unpaired) electrons. The Labute approximate surface area is 103 Å². The third kappa shape index (κ3) is 3.31. The first kappa shape index (κ1) is 13.7. The van der Waals surface area contributed by atoms with Crippen molar-refractivity contribution < 1.29 is 29.0 Å². The number of aromatic hydroxyl groups is 1. The third-order valence-corrected chi connectivity index (χ3v) is 1.92. The first-order chi connectivity index (χ1) is 8.31. The van der Waals surface area contributed by atoms with Crippen molar-refractivity contribution in [3.05, 3.63) is 17.7 Å². The van der Waals surface area contributed by atoms with Crippen molar-refractivity contribution >= 4 is 17.7 Å². The van der Waals surface area contributed by atoms with Crippen LogP contribution < -0.4 is 9.47 Å². The summed E-state index contributed by atoms with van der Waals surface area (Å²) in [5.41, 5.74) is -0.138. The highest BCUT2D eigenvalue weighted by Crippen LogP contribution is 2.34. The molecule has 0 fully saturated rings. The lowest BCUT2D eigenvalue weighted by Gasteiger charge is -2.10. The Hall–Kier alpha value is -2.37. The van der Waals surface area contributed by atoms with Gasteiger partial charge in [-0.2, -0.15) is 0 Å². The van der Waals surface area contributed by atoms with Crippen LogP contribution in [-0.4, -0.2) is 22.8 Å². The second-order valence-corrected chi connectivity index (χ2v) is 3.56. The summed E-state index contributed by atoms with van der Waals surface area (Å²) in [6, 6.07) is 2.30. The van der Waals surface area contributed by atoms with Crippen LogP contribution in [0.4, 0.5) is 0 Å². The number of hydrogen-bond donors (Lipinski definition) is 1. The standard InChI is InChI=1S/C12H12O6/c1-6(13)12-10(16)4-9(17-7(2)14)5-11(12)18-8(3)15/h4-5,16H,1-3H3. The second kappa shape index (κ2) is 5.31. The molecule has 0 atom stereocenters. The summed E-state index contributed by atoms with van der Waals surface area (Å²) in [5, 5.41) is 9.66. The zero-order valence-corrected chi connectivity index (χ0v) is 10.1. The molecule has 0 aliphatic heterocycles. The Bertz CT molecular complexity index is 518. The van der Waals surface area contributed by atoms with Crippen LogP contribution in [-0.2, 0) is 9.59 Å². The van der Waals surface area contributed by atoms with Crippen LogP contribution >= 0.6 is 0 Å². The maximum Gasteiger partial charge on any atom is 0.308 e. The fraction of sp³-hybridized carbons (Fsp3) is 0.250. The minimum Gasteiger partial charge on any atom is -0.507 e. The number of phenolic OH excluding ortho intramolecular Hbond substituents is 1. The van der Waals surface area contributed by atoms with Crippen molar-refractivity contribution in [3.63, 3.8) is 0 Å². The van der Waals surface area contributed by atoms with Gasteiger partial charge in [-0.1, -0.05) is 0 Å². The monoisotopic (exact) mass is 252 g/mol. The molecular formula is C12H12O6. The van der Waals surface area contributed by atoms with Crippen LogP contribution in [0.2, 0.25) is 0 Å². The minimum absolute atomic E-state index is 0.0127. The lowest BCUT2D eigenvalue weighted by atomic mass is 10.1. The molecule has 1 aromatic carbocycles. The fourth-order valence-electron chi connectivity index (χ4n) is 1.39. The number of phenols is 1. The van der Waals surface area contributed by atoms with E-state index in [1.54, 1.807) is 0 Å². The number of Topliss-reactive ketones (excluding diaryl/α,β-unsaturated/α-hetero) is 1. The van der Waals surface area contributed by atoms with Gasteiger partial charge in [-0.15, -0.1) is 0 Å². The molecule has 6 heteroatoms. The van der Waals surface area contributed by atoms with E-state index in [-0.39, 0.29) is 17.1 Å². The molecule has 0 spiro atoms. The average molecular weight is 252 g/mol. The lowest BCUT2D eigenvalue weighted by Crippen LogP contribution is -2.08. The number of carbonyl (C=O) groups excluding carboxylic acids is 3. The number of benzene rings is 1. The van der Waals surface area contributed by atoms with Gasteiger partial charge in [-0.05, 0) is 6.92 Å². The maximum absolute atomic E-state index is 11.3. The van der Waals surface area contributed by atoms with Gasteiger partial charge < -0.3 is 14.6 Å². The molecule has 0 saturated carbocycles.